The van der Waals surface area contributed by atoms with E-state index in [0.29, 0.717) is 40.0 Å². The van der Waals surface area contributed by atoms with E-state index in [9.17, 15) is 4.79 Å². The first-order chi connectivity index (χ1) is 14.1. The van der Waals surface area contributed by atoms with Crippen LogP contribution in [0.2, 0.25) is 0 Å². The first kappa shape index (κ1) is 19.1. The van der Waals surface area contributed by atoms with E-state index < -0.39 is 0 Å². The third-order valence-corrected chi connectivity index (χ3v) is 5.28. The first-order valence-corrected chi connectivity index (χ1v) is 10.3. The normalized spacial score (nSPS) is 11.9. The van der Waals surface area contributed by atoms with Crippen LogP contribution in [0.25, 0.3) is 22.4 Å². The van der Waals surface area contributed by atoms with Crippen molar-refractivity contribution < 1.29 is 9.47 Å². The molecule has 0 fully saturated rings. The fourth-order valence-corrected chi connectivity index (χ4v) is 3.96. The molecule has 0 spiro atoms. The number of fused-ring (bicyclic) bond motifs is 1. The number of hydrogen-bond donors (Lipinski definition) is 0. The van der Waals surface area contributed by atoms with Crippen LogP contribution in [0.5, 0.6) is 11.5 Å². The second-order valence-corrected chi connectivity index (χ2v) is 7.50. The van der Waals surface area contributed by atoms with Crippen molar-refractivity contribution in [2.45, 2.75) is 20.8 Å². The molecule has 0 aliphatic carbocycles. The van der Waals surface area contributed by atoms with Gasteiger partial charge in [0.25, 0.3) is 5.56 Å². The Balaban J connectivity index is 1.74. The molecule has 7 heteroatoms. The molecule has 6 nitrogen and oxygen atoms in total. The largest absolute Gasteiger partial charge is 0.490 e. The predicted octanol–water partition coefficient (Wildman–Crippen LogP) is 3.47. The van der Waals surface area contributed by atoms with Crippen LogP contribution >= 0.6 is 11.3 Å². The minimum absolute atomic E-state index is 0.178. The molecular formula is C22H21N3O3S. The third-order valence-electron chi connectivity index (χ3n) is 4.32. The Labute approximate surface area is 172 Å². The van der Waals surface area contributed by atoms with Gasteiger partial charge in [0.05, 0.1) is 17.7 Å². The highest BCUT2D eigenvalue weighted by molar-refractivity contribution is 7.15. The van der Waals surface area contributed by atoms with Gasteiger partial charge in [-0.15, -0.1) is 5.10 Å². The van der Waals surface area contributed by atoms with Gasteiger partial charge in [0.1, 0.15) is 0 Å². The topological polar surface area (TPSA) is 65.7 Å². The molecule has 0 bridgehead atoms. The number of ether oxygens (including phenoxy) is 2. The summed E-state index contributed by atoms with van der Waals surface area (Å²) in [6.07, 6.45) is 1.83. The highest BCUT2D eigenvalue weighted by Crippen LogP contribution is 2.28. The minimum atomic E-state index is -0.178. The lowest BCUT2D eigenvalue weighted by atomic mass is 10.1. The van der Waals surface area contributed by atoms with E-state index >= 15 is 0 Å². The maximum atomic E-state index is 12.8. The molecule has 0 aliphatic rings. The molecule has 0 aliphatic heterocycles. The molecule has 4 aromatic rings. The number of benzene rings is 2. The van der Waals surface area contributed by atoms with Crippen LogP contribution < -0.4 is 19.6 Å². The minimum Gasteiger partial charge on any atom is -0.490 e. The van der Waals surface area contributed by atoms with Gasteiger partial charge in [-0.05, 0) is 50.6 Å². The van der Waals surface area contributed by atoms with E-state index in [2.05, 4.69) is 10.1 Å². The second-order valence-electron chi connectivity index (χ2n) is 6.49. The Morgan fingerprint density at radius 1 is 1.07 bits per heavy atom. The maximum absolute atomic E-state index is 12.8. The molecule has 2 aromatic carbocycles. The standard InChI is InChI=1S/C22H21N3O3S/c1-4-27-17-10-9-15(12-18(17)28-5-2)13-19-21(26)25-22(29-19)23-20(24-25)16-8-6-7-14(3)11-16/h6-13H,4-5H2,1-3H3/b19-13-. The van der Waals surface area contributed by atoms with Crippen molar-refractivity contribution in [3.05, 3.63) is 68.5 Å². The Morgan fingerprint density at radius 2 is 1.86 bits per heavy atom. The van der Waals surface area contributed by atoms with E-state index in [1.807, 2.05) is 69.3 Å². The Morgan fingerprint density at radius 3 is 2.59 bits per heavy atom. The Bertz CT molecular complexity index is 1280. The summed E-state index contributed by atoms with van der Waals surface area (Å²) in [5, 5.41) is 4.41. The molecule has 0 atom stereocenters. The summed E-state index contributed by atoms with van der Waals surface area (Å²) in [5.74, 6) is 1.92. The Hall–Kier alpha value is -3.19. The molecule has 2 aromatic heterocycles. The number of aromatic nitrogens is 3. The molecule has 0 saturated heterocycles. The lowest BCUT2D eigenvalue weighted by Gasteiger charge is -2.11. The zero-order valence-corrected chi connectivity index (χ0v) is 17.3. The highest BCUT2D eigenvalue weighted by atomic mass is 32.1. The fourth-order valence-electron chi connectivity index (χ4n) is 3.05. The van der Waals surface area contributed by atoms with Gasteiger partial charge in [-0.1, -0.05) is 41.2 Å². The average Bonchev–Trinajstić information content (AvgIpc) is 3.24. The van der Waals surface area contributed by atoms with Crippen molar-refractivity contribution in [3.8, 4) is 22.9 Å². The fraction of sp³-hybridized carbons (Fsp3) is 0.227. The highest BCUT2D eigenvalue weighted by Gasteiger charge is 2.12. The summed E-state index contributed by atoms with van der Waals surface area (Å²) in [6, 6.07) is 13.6. The summed E-state index contributed by atoms with van der Waals surface area (Å²) < 4.78 is 13.2. The Kier molecular flexibility index (Phi) is 5.31. The average molecular weight is 407 g/mol. The quantitative estimate of drug-likeness (QED) is 0.490. The van der Waals surface area contributed by atoms with E-state index in [1.54, 1.807) is 0 Å². The zero-order valence-electron chi connectivity index (χ0n) is 16.5. The lowest BCUT2D eigenvalue weighted by molar-refractivity contribution is 0.287. The smallest absolute Gasteiger partial charge is 0.291 e. The van der Waals surface area contributed by atoms with E-state index in [4.69, 9.17) is 9.47 Å². The van der Waals surface area contributed by atoms with Crippen LogP contribution in [0.3, 0.4) is 0 Å². The molecule has 0 unspecified atom stereocenters. The third kappa shape index (κ3) is 3.86. The zero-order chi connectivity index (χ0) is 20.4. The van der Waals surface area contributed by atoms with Crippen molar-refractivity contribution in [2.75, 3.05) is 13.2 Å². The number of nitrogens with zero attached hydrogens (tertiary/aromatic N) is 3. The van der Waals surface area contributed by atoms with Gasteiger partial charge in [0, 0.05) is 5.56 Å². The summed E-state index contributed by atoms with van der Waals surface area (Å²) in [4.78, 5) is 17.9. The van der Waals surface area contributed by atoms with Crippen molar-refractivity contribution in [3.63, 3.8) is 0 Å². The van der Waals surface area contributed by atoms with E-state index in [1.165, 1.54) is 15.9 Å². The monoisotopic (exact) mass is 407 g/mol. The van der Waals surface area contributed by atoms with Gasteiger partial charge in [0.2, 0.25) is 4.96 Å². The van der Waals surface area contributed by atoms with E-state index in [-0.39, 0.29) is 5.56 Å². The molecule has 0 radical (unpaired) electrons. The predicted molar refractivity (Wildman–Crippen MR) is 115 cm³/mol. The van der Waals surface area contributed by atoms with Crippen LogP contribution in [0.1, 0.15) is 25.0 Å². The summed E-state index contributed by atoms with van der Waals surface area (Å²) in [6.45, 7) is 6.97. The van der Waals surface area contributed by atoms with Gasteiger partial charge in [0.15, 0.2) is 17.3 Å². The van der Waals surface area contributed by atoms with Gasteiger partial charge < -0.3 is 9.47 Å². The van der Waals surface area contributed by atoms with Gasteiger partial charge >= 0.3 is 0 Å². The van der Waals surface area contributed by atoms with E-state index in [0.717, 1.165) is 16.7 Å². The molecule has 4 rings (SSSR count). The molecule has 29 heavy (non-hydrogen) atoms. The van der Waals surface area contributed by atoms with Gasteiger partial charge in [-0.2, -0.15) is 9.50 Å². The van der Waals surface area contributed by atoms with Crippen LogP contribution in [-0.2, 0) is 0 Å². The molecule has 0 N–H and O–H groups in total. The molecule has 148 valence electrons. The summed E-state index contributed by atoms with van der Waals surface area (Å²) in [5.41, 5.74) is 2.71. The number of thiazole rings is 1. The van der Waals surface area contributed by atoms with Crippen LogP contribution in [0.15, 0.2) is 47.3 Å². The maximum Gasteiger partial charge on any atom is 0.291 e. The van der Waals surface area contributed by atoms with Crippen LogP contribution in [0, 0.1) is 6.92 Å². The molecule has 0 saturated carbocycles. The van der Waals surface area contributed by atoms with Crippen molar-refractivity contribution >= 4 is 22.4 Å². The van der Waals surface area contributed by atoms with Crippen molar-refractivity contribution in [2.24, 2.45) is 0 Å². The first-order valence-electron chi connectivity index (χ1n) is 9.47. The van der Waals surface area contributed by atoms with Crippen LogP contribution in [0.4, 0.5) is 0 Å². The van der Waals surface area contributed by atoms with Crippen LogP contribution in [-0.4, -0.2) is 27.8 Å². The number of rotatable bonds is 6. The summed E-state index contributed by atoms with van der Waals surface area (Å²) >= 11 is 1.32. The molecule has 2 heterocycles. The van der Waals surface area contributed by atoms with Gasteiger partial charge in [-0.25, -0.2) is 0 Å². The molecular weight excluding hydrogens is 386 g/mol. The van der Waals surface area contributed by atoms with Crippen molar-refractivity contribution in [1.82, 2.24) is 14.6 Å². The number of hydrogen-bond acceptors (Lipinski definition) is 6. The summed E-state index contributed by atoms with van der Waals surface area (Å²) in [7, 11) is 0. The van der Waals surface area contributed by atoms with Crippen molar-refractivity contribution in [1.29, 1.82) is 0 Å². The second kappa shape index (κ2) is 8.05. The van der Waals surface area contributed by atoms with Gasteiger partial charge in [-0.3, -0.25) is 4.79 Å². The lowest BCUT2D eigenvalue weighted by Crippen LogP contribution is -2.23. The molecule has 0 amide bonds. The SMILES string of the molecule is CCOc1ccc(/C=c2\sc3nc(-c4cccc(C)c4)nn3c2=O)cc1OCC. The number of aryl methyl sites for hydroxylation is 1.